The van der Waals surface area contributed by atoms with Crippen LogP contribution < -0.4 is 3.97 Å². The first-order valence-electron chi connectivity index (χ1n) is 18.2. The number of benzene rings is 1. The molecule has 1 saturated carbocycles. The van der Waals surface area contributed by atoms with E-state index in [0.29, 0.717) is 49.2 Å². The number of hydrogen-bond acceptors (Lipinski definition) is 5. The van der Waals surface area contributed by atoms with Crippen molar-refractivity contribution in [2.24, 2.45) is 23.7 Å². The number of rotatable bonds is 7. The van der Waals surface area contributed by atoms with E-state index in [-0.39, 0.29) is 30.8 Å². The Morgan fingerprint density at radius 3 is 1.96 bits per heavy atom. The molecular formula is C37H58ClN4O4S2+. The number of fused-ring (bicyclic) bond motifs is 1. The van der Waals surface area contributed by atoms with Gasteiger partial charge >= 0.3 is 10.2 Å². The summed E-state index contributed by atoms with van der Waals surface area (Å²) in [6.07, 6.45) is 11.3. The molecule has 5 rings (SSSR count). The Morgan fingerprint density at radius 2 is 1.35 bits per heavy atom. The predicted molar refractivity (Wildman–Crippen MR) is 195 cm³/mol. The van der Waals surface area contributed by atoms with Gasteiger partial charge in [-0.3, -0.25) is 0 Å². The van der Waals surface area contributed by atoms with E-state index in [4.69, 9.17) is 11.6 Å². The monoisotopic (exact) mass is 721 g/mol. The van der Waals surface area contributed by atoms with Crippen LogP contribution in [-0.2, 0) is 33.1 Å². The topological polar surface area (TPSA) is 81.9 Å². The summed E-state index contributed by atoms with van der Waals surface area (Å²) in [5.74, 6) is 0.999. The lowest BCUT2D eigenvalue weighted by Crippen LogP contribution is -2.56. The molecule has 0 radical (unpaired) electrons. The lowest BCUT2D eigenvalue weighted by Gasteiger charge is -2.38. The predicted octanol–water partition coefficient (Wildman–Crippen LogP) is 6.14. The number of pyridine rings is 1. The fraction of sp³-hybridized carbons (Fsp3) is 0.703. The molecule has 1 unspecified atom stereocenters. The minimum atomic E-state index is -3.87. The van der Waals surface area contributed by atoms with E-state index in [1.165, 1.54) is 36.1 Å². The van der Waals surface area contributed by atoms with Crippen LogP contribution in [-0.4, -0.2) is 81.4 Å². The van der Waals surface area contributed by atoms with Gasteiger partial charge in [0.15, 0.2) is 12.4 Å². The van der Waals surface area contributed by atoms with Crippen LogP contribution in [0, 0.1) is 23.7 Å². The third-order valence-corrected chi connectivity index (χ3v) is 14.9. The molecule has 2 fully saturated rings. The molecule has 8 nitrogen and oxygen atoms in total. The van der Waals surface area contributed by atoms with Crippen molar-refractivity contribution in [2.45, 2.75) is 97.2 Å². The second-order valence-corrected chi connectivity index (χ2v) is 20.1. The van der Waals surface area contributed by atoms with Gasteiger partial charge < -0.3 is 4.90 Å². The van der Waals surface area contributed by atoms with Crippen molar-refractivity contribution in [2.75, 3.05) is 45.8 Å². The van der Waals surface area contributed by atoms with Gasteiger partial charge in [-0.25, -0.2) is 12.7 Å². The summed E-state index contributed by atoms with van der Waals surface area (Å²) in [4.78, 5) is 2.51. The quantitative estimate of drug-likeness (QED) is 0.321. The normalized spacial score (nSPS) is 26.9. The third-order valence-electron chi connectivity index (χ3n) is 10.7. The smallest absolute Gasteiger partial charge is 0.302 e. The Kier molecular flexibility index (Phi) is 12.7. The molecule has 0 bridgehead atoms. The largest absolute Gasteiger partial charge is 0.447 e. The minimum absolute atomic E-state index is 0.119. The molecule has 4 atom stereocenters. The van der Waals surface area contributed by atoms with Gasteiger partial charge in [0, 0.05) is 63.0 Å². The van der Waals surface area contributed by atoms with Crippen LogP contribution >= 0.6 is 11.6 Å². The van der Waals surface area contributed by atoms with Gasteiger partial charge in [0.25, 0.3) is 0 Å². The number of sulfonamides is 1. The van der Waals surface area contributed by atoms with E-state index in [2.05, 4.69) is 32.6 Å². The van der Waals surface area contributed by atoms with Crippen molar-refractivity contribution >= 4 is 31.8 Å². The fourth-order valence-electron chi connectivity index (χ4n) is 8.20. The molecule has 48 heavy (non-hydrogen) atoms. The molecule has 1 aliphatic heterocycles. The average Bonchev–Trinajstić information content (AvgIpc) is 3.03. The number of halogens is 1. The van der Waals surface area contributed by atoms with E-state index in [0.717, 1.165) is 36.3 Å². The van der Waals surface area contributed by atoms with Crippen LogP contribution in [0.5, 0.6) is 0 Å². The van der Waals surface area contributed by atoms with Crippen molar-refractivity contribution in [3.8, 4) is 0 Å². The van der Waals surface area contributed by atoms with Gasteiger partial charge in [-0.1, -0.05) is 75.5 Å². The second kappa shape index (κ2) is 16.2. The lowest BCUT2D eigenvalue weighted by atomic mass is 9.88. The second-order valence-electron chi connectivity index (χ2n) is 15.6. The molecule has 2 aromatic rings. The molecule has 268 valence electrons. The summed E-state index contributed by atoms with van der Waals surface area (Å²) in [6.45, 7) is 14.4. The van der Waals surface area contributed by atoms with Crippen LogP contribution in [0.4, 0.5) is 0 Å². The third kappa shape index (κ3) is 9.40. The Hall–Kier alpha value is -1.56. The summed E-state index contributed by atoms with van der Waals surface area (Å²) < 4.78 is 62.1. The number of nitrogens with zero attached hydrogens (tertiary/aromatic N) is 4. The minimum Gasteiger partial charge on any atom is -0.302 e. The maximum atomic E-state index is 14.5. The summed E-state index contributed by atoms with van der Waals surface area (Å²) in [7, 11) is -7.53. The van der Waals surface area contributed by atoms with Gasteiger partial charge in [0.05, 0.1) is 5.25 Å². The molecule has 1 saturated heterocycles. The highest BCUT2D eigenvalue weighted by molar-refractivity contribution is 7.89. The van der Waals surface area contributed by atoms with Gasteiger partial charge in [-0.05, 0) is 90.5 Å². The van der Waals surface area contributed by atoms with E-state index in [1.54, 1.807) is 21.0 Å². The fourth-order valence-corrected chi connectivity index (χ4v) is 12.1. The SMILES string of the molecule is CC(C)c1cc[n+](S(=O)(=O)N2C[C@H](C)CN(S(=O)(=O)C3CCc4cc(Cl)ccc4C3)C[C@@H](C)CN(CC3CCCCC3)C[C@H](C)C2)cc1. The van der Waals surface area contributed by atoms with Crippen LogP contribution in [0.1, 0.15) is 95.8 Å². The molecule has 0 amide bonds. The first kappa shape index (κ1) is 37.7. The summed E-state index contributed by atoms with van der Waals surface area (Å²) in [5, 5.41) is 0.174. The van der Waals surface area contributed by atoms with E-state index in [1.807, 2.05) is 37.3 Å². The zero-order valence-electron chi connectivity index (χ0n) is 29.7. The molecule has 3 aliphatic rings. The first-order chi connectivity index (χ1) is 22.7. The van der Waals surface area contributed by atoms with Crippen molar-refractivity contribution in [3.05, 3.63) is 64.4 Å². The standard InChI is InChI=1S/C37H58ClN4O4S2/c1-28(2)33-15-17-40(18-16-33)48(45,46)42-25-30(4)22-39(27-32-9-7-6-8-10-32)21-29(3)23-41(24-31(5)26-42)47(43,44)37-14-12-34-19-36(38)13-11-35(34)20-37/h11,13,15-19,28-32,37H,6-10,12,14,20-27H2,1-5H3/q+1/t29-,30-,31+,37?/m0/s1. The summed E-state index contributed by atoms with van der Waals surface area (Å²) in [5.41, 5.74) is 3.27. The maximum Gasteiger partial charge on any atom is 0.447 e. The lowest BCUT2D eigenvalue weighted by molar-refractivity contribution is -0.516. The Morgan fingerprint density at radius 1 is 0.771 bits per heavy atom. The van der Waals surface area contributed by atoms with Gasteiger partial charge in [-0.2, -0.15) is 0 Å². The van der Waals surface area contributed by atoms with Crippen molar-refractivity contribution in [1.82, 2.24) is 13.5 Å². The highest BCUT2D eigenvalue weighted by atomic mass is 35.5. The Balaban J connectivity index is 1.44. The Bertz CT molecular complexity index is 1580. The summed E-state index contributed by atoms with van der Waals surface area (Å²) in [6, 6.07) is 9.54. The number of aryl methyl sites for hydroxylation is 1. The van der Waals surface area contributed by atoms with E-state index in [9.17, 15) is 16.8 Å². The first-order valence-corrected chi connectivity index (χ1v) is 21.5. The van der Waals surface area contributed by atoms with Crippen molar-refractivity contribution in [1.29, 1.82) is 0 Å². The highest BCUT2D eigenvalue weighted by Gasteiger charge is 2.39. The zero-order valence-corrected chi connectivity index (χ0v) is 32.1. The van der Waals surface area contributed by atoms with Crippen molar-refractivity contribution < 1.29 is 20.8 Å². The molecule has 0 spiro atoms. The molecule has 1 aromatic carbocycles. The average molecular weight is 722 g/mol. The van der Waals surface area contributed by atoms with Gasteiger partial charge in [0.1, 0.15) is 0 Å². The number of aromatic nitrogens is 1. The molecule has 2 aliphatic carbocycles. The molecule has 2 heterocycles. The van der Waals surface area contributed by atoms with Gasteiger partial charge in [0.2, 0.25) is 10.0 Å². The van der Waals surface area contributed by atoms with E-state index >= 15 is 0 Å². The van der Waals surface area contributed by atoms with Crippen LogP contribution in [0.15, 0.2) is 42.7 Å². The molecule has 1 aromatic heterocycles. The zero-order chi connectivity index (χ0) is 34.6. The molecular weight excluding hydrogens is 664 g/mol. The molecule has 11 heteroatoms. The maximum absolute atomic E-state index is 14.5. The summed E-state index contributed by atoms with van der Waals surface area (Å²) >= 11 is 6.25. The molecule has 0 N–H and O–H groups in total. The van der Waals surface area contributed by atoms with Crippen molar-refractivity contribution in [3.63, 3.8) is 0 Å². The Labute approximate surface area is 296 Å². The van der Waals surface area contributed by atoms with Crippen LogP contribution in [0.3, 0.4) is 0 Å². The van der Waals surface area contributed by atoms with Crippen LogP contribution in [0.2, 0.25) is 5.02 Å². The highest BCUT2D eigenvalue weighted by Crippen LogP contribution is 2.31. The van der Waals surface area contributed by atoms with Crippen LogP contribution in [0.25, 0.3) is 0 Å². The van der Waals surface area contributed by atoms with E-state index < -0.39 is 25.5 Å². The number of hydrogen-bond donors (Lipinski definition) is 0. The van der Waals surface area contributed by atoms with Gasteiger partial charge in [-0.15, -0.1) is 12.7 Å².